The normalized spacial score (nSPS) is 13.6. The molecule has 26 heavy (non-hydrogen) atoms. The number of hydrogen-bond donors (Lipinski definition) is 2. The molecule has 0 heterocycles. The van der Waals surface area contributed by atoms with E-state index in [4.69, 9.17) is 0 Å². The smallest absolute Gasteiger partial charge is 0.255 e. The van der Waals surface area contributed by atoms with Gasteiger partial charge in [-0.3, -0.25) is 9.59 Å². The lowest BCUT2D eigenvalue weighted by Gasteiger charge is -2.13. The Morgan fingerprint density at radius 3 is 2.19 bits per heavy atom. The van der Waals surface area contributed by atoms with E-state index in [0.717, 1.165) is 24.9 Å². The van der Waals surface area contributed by atoms with Crippen LogP contribution in [0.5, 0.6) is 0 Å². The van der Waals surface area contributed by atoms with Crippen molar-refractivity contribution >= 4 is 17.5 Å². The van der Waals surface area contributed by atoms with Gasteiger partial charge in [-0.1, -0.05) is 29.8 Å². The van der Waals surface area contributed by atoms with Gasteiger partial charge >= 0.3 is 0 Å². The zero-order chi connectivity index (χ0) is 18.2. The van der Waals surface area contributed by atoms with Crippen LogP contribution in [-0.4, -0.2) is 18.4 Å². The van der Waals surface area contributed by atoms with Gasteiger partial charge < -0.3 is 10.6 Å². The minimum Gasteiger partial charge on any atom is -0.352 e. The van der Waals surface area contributed by atoms with Crippen molar-refractivity contribution < 1.29 is 9.59 Å². The Hall–Kier alpha value is -2.88. The summed E-state index contributed by atoms with van der Waals surface area (Å²) in [5.41, 5.74) is 3.29. The number of carbonyl (C=O) groups is 2. The molecule has 0 radical (unpaired) electrons. The fourth-order valence-corrected chi connectivity index (χ4v) is 3.07. The topological polar surface area (TPSA) is 58.2 Å². The molecule has 2 aromatic rings. The van der Waals surface area contributed by atoms with E-state index in [-0.39, 0.29) is 11.8 Å². The summed E-state index contributed by atoms with van der Waals surface area (Å²) < 4.78 is 0. The summed E-state index contributed by atoms with van der Waals surface area (Å²) in [5, 5.41) is 5.79. The summed E-state index contributed by atoms with van der Waals surface area (Å²) in [6.07, 6.45) is 8.07. The minimum atomic E-state index is -0.188. The second kappa shape index (κ2) is 8.99. The number of carbonyl (C=O) groups excluding carboxylic acids is 2. The highest BCUT2D eigenvalue weighted by Gasteiger charge is 2.10. The second-order valence-corrected chi connectivity index (χ2v) is 6.51. The van der Waals surface area contributed by atoms with Crippen LogP contribution in [0.15, 0.2) is 66.2 Å². The molecule has 0 aliphatic heterocycles. The van der Waals surface area contributed by atoms with E-state index >= 15 is 0 Å². The first-order chi connectivity index (χ1) is 12.7. The fraction of sp³-hybridized carbons (Fsp3) is 0.273. The average molecular weight is 348 g/mol. The van der Waals surface area contributed by atoms with Crippen molar-refractivity contribution in [3.63, 3.8) is 0 Å². The second-order valence-electron chi connectivity index (χ2n) is 6.51. The van der Waals surface area contributed by atoms with E-state index in [2.05, 4.69) is 16.7 Å². The highest BCUT2D eigenvalue weighted by atomic mass is 16.2. The van der Waals surface area contributed by atoms with Crippen LogP contribution < -0.4 is 10.6 Å². The predicted molar refractivity (Wildman–Crippen MR) is 104 cm³/mol. The number of anilines is 1. The molecule has 1 aliphatic carbocycles. The molecule has 4 nitrogen and oxygen atoms in total. The highest BCUT2D eigenvalue weighted by molar-refractivity contribution is 6.05. The maximum Gasteiger partial charge on any atom is 0.255 e. The van der Waals surface area contributed by atoms with E-state index in [1.54, 1.807) is 24.3 Å². The van der Waals surface area contributed by atoms with E-state index < -0.39 is 0 Å². The molecule has 0 bridgehead atoms. The molecule has 0 saturated carbocycles. The standard InChI is InChI=1S/C22H24N2O2/c25-21(23-16-15-17-7-3-1-4-8-17)18-11-13-19(14-12-18)22(26)24-20-9-5-2-6-10-20/h2,5-7,9-14H,1,3-4,8,15-16H2,(H,23,25)(H,24,26). The minimum absolute atomic E-state index is 0.101. The van der Waals surface area contributed by atoms with Gasteiger partial charge in [0.05, 0.1) is 0 Å². The molecule has 0 unspecified atom stereocenters. The molecule has 2 aromatic carbocycles. The Balaban J connectivity index is 1.50. The molecule has 0 saturated heterocycles. The maximum absolute atomic E-state index is 12.2. The number of rotatable bonds is 6. The van der Waals surface area contributed by atoms with E-state index in [9.17, 15) is 9.59 Å². The number of amides is 2. The lowest BCUT2D eigenvalue weighted by Crippen LogP contribution is -2.25. The predicted octanol–water partition coefficient (Wildman–Crippen LogP) is 4.56. The van der Waals surface area contributed by atoms with Gasteiger partial charge in [-0.2, -0.15) is 0 Å². The van der Waals surface area contributed by atoms with Gasteiger partial charge in [0.25, 0.3) is 11.8 Å². The SMILES string of the molecule is O=C(NCCC1=CCCCC1)c1ccc(C(=O)Nc2ccccc2)cc1. The number of para-hydroxylation sites is 1. The molecule has 4 heteroatoms. The Bertz CT molecular complexity index is 780. The van der Waals surface area contributed by atoms with E-state index in [1.807, 2.05) is 30.3 Å². The lowest BCUT2D eigenvalue weighted by atomic mass is 9.97. The molecule has 1 aliphatic rings. The molecule has 2 amide bonds. The first-order valence-corrected chi connectivity index (χ1v) is 9.15. The van der Waals surface area contributed by atoms with Gasteiger partial charge in [-0.05, 0) is 68.5 Å². The molecule has 134 valence electrons. The third kappa shape index (κ3) is 5.06. The molecule has 0 fully saturated rings. The van der Waals surface area contributed by atoms with Crippen LogP contribution in [0.25, 0.3) is 0 Å². The third-order valence-electron chi connectivity index (χ3n) is 4.56. The van der Waals surface area contributed by atoms with Gasteiger partial charge in [-0.25, -0.2) is 0 Å². The van der Waals surface area contributed by atoms with Crippen LogP contribution in [0.4, 0.5) is 5.69 Å². The highest BCUT2D eigenvalue weighted by Crippen LogP contribution is 2.19. The average Bonchev–Trinajstić information content (AvgIpc) is 2.69. The van der Waals surface area contributed by atoms with Crippen molar-refractivity contribution in [2.24, 2.45) is 0 Å². The summed E-state index contributed by atoms with van der Waals surface area (Å²) in [6, 6.07) is 16.0. The Morgan fingerprint density at radius 1 is 0.846 bits per heavy atom. The molecule has 2 N–H and O–H groups in total. The van der Waals surface area contributed by atoms with Crippen LogP contribution in [0, 0.1) is 0 Å². The Morgan fingerprint density at radius 2 is 1.54 bits per heavy atom. The largest absolute Gasteiger partial charge is 0.352 e. The van der Waals surface area contributed by atoms with Gasteiger partial charge in [0.1, 0.15) is 0 Å². The first kappa shape index (κ1) is 17.9. The molecule has 0 atom stereocenters. The summed E-state index contributed by atoms with van der Waals surface area (Å²) in [6.45, 7) is 0.654. The molecular weight excluding hydrogens is 324 g/mol. The zero-order valence-electron chi connectivity index (χ0n) is 14.8. The van der Waals surface area contributed by atoms with E-state index in [1.165, 1.54) is 18.4 Å². The Kier molecular flexibility index (Phi) is 6.20. The molecule has 0 aromatic heterocycles. The molecule has 0 spiro atoms. The summed E-state index contributed by atoms with van der Waals surface area (Å²) in [7, 11) is 0. The van der Waals surface area contributed by atoms with Crippen LogP contribution in [-0.2, 0) is 0 Å². The van der Waals surface area contributed by atoms with Crippen molar-refractivity contribution in [2.45, 2.75) is 32.1 Å². The Labute approximate surface area is 154 Å². The quantitative estimate of drug-likeness (QED) is 0.752. The van der Waals surface area contributed by atoms with Crippen molar-refractivity contribution in [3.05, 3.63) is 77.4 Å². The van der Waals surface area contributed by atoms with E-state index in [0.29, 0.717) is 17.7 Å². The monoisotopic (exact) mass is 348 g/mol. The summed E-state index contributed by atoms with van der Waals surface area (Å²) >= 11 is 0. The fourth-order valence-electron chi connectivity index (χ4n) is 3.07. The third-order valence-corrected chi connectivity index (χ3v) is 4.56. The number of allylic oxidation sites excluding steroid dienone is 1. The first-order valence-electron chi connectivity index (χ1n) is 9.15. The molecular formula is C22H24N2O2. The number of hydrogen-bond acceptors (Lipinski definition) is 2. The van der Waals surface area contributed by atoms with Crippen LogP contribution in [0.3, 0.4) is 0 Å². The van der Waals surface area contributed by atoms with Gasteiger partial charge in [0.2, 0.25) is 0 Å². The molecule has 3 rings (SSSR count). The van der Waals surface area contributed by atoms with Gasteiger partial charge in [0.15, 0.2) is 0 Å². The van der Waals surface area contributed by atoms with Gasteiger partial charge in [-0.15, -0.1) is 0 Å². The van der Waals surface area contributed by atoms with Crippen molar-refractivity contribution in [3.8, 4) is 0 Å². The zero-order valence-corrected chi connectivity index (χ0v) is 14.8. The summed E-state index contributed by atoms with van der Waals surface area (Å²) in [5.74, 6) is -0.288. The van der Waals surface area contributed by atoms with Crippen LogP contribution in [0.2, 0.25) is 0 Å². The maximum atomic E-state index is 12.2. The van der Waals surface area contributed by atoms with Gasteiger partial charge in [0, 0.05) is 23.4 Å². The van der Waals surface area contributed by atoms with Crippen LogP contribution >= 0.6 is 0 Å². The number of benzene rings is 2. The summed E-state index contributed by atoms with van der Waals surface area (Å²) in [4.78, 5) is 24.5. The number of nitrogens with one attached hydrogen (secondary N) is 2. The lowest BCUT2D eigenvalue weighted by molar-refractivity contribution is 0.0952. The van der Waals surface area contributed by atoms with Crippen molar-refractivity contribution in [2.75, 3.05) is 11.9 Å². The van der Waals surface area contributed by atoms with Crippen LogP contribution in [0.1, 0.15) is 52.8 Å². The van der Waals surface area contributed by atoms with Crippen molar-refractivity contribution in [1.82, 2.24) is 5.32 Å². The van der Waals surface area contributed by atoms with Crippen molar-refractivity contribution in [1.29, 1.82) is 0 Å².